The van der Waals surface area contributed by atoms with Crippen LogP contribution in [-0.2, 0) is 6.42 Å². The Hall–Kier alpha value is -1.70. The Morgan fingerprint density at radius 2 is 2.11 bits per heavy atom. The Labute approximate surface area is 107 Å². The van der Waals surface area contributed by atoms with Gasteiger partial charge in [-0.1, -0.05) is 6.92 Å². The molecule has 0 spiro atoms. The lowest BCUT2D eigenvalue weighted by Gasteiger charge is -2.15. The second kappa shape index (κ2) is 5.96. The number of carbonyl (C=O) groups is 1. The third-order valence-electron chi connectivity index (χ3n) is 2.41. The third-order valence-corrected chi connectivity index (χ3v) is 2.41. The van der Waals surface area contributed by atoms with Gasteiger partial charge in [0, 0.05) is 0 Å². The van der Waals surface area contributed by atoms with E-state index < -0.39 is 24.7 Å². The van der Waals surface area contributed by atoms with Crippen LogP contribution in [0.3, 0.4) is 0 Å². The maximum Gasteiger partial charge on any atom is 0.416 e. The van der Waals surface area contributed by atoms with E-state index >= 15 is 0 Å². The zero-order valence-electron chi connectivity index (χ0n) is 10.5. The van der Waals surface area contributed by atoms with Crippen molar-refractivity contribution < 1.29 is 23.1 Å². The molecule has 2 N–H and O–H groups in total. The number of nitrogens with zero attached hydrogens (tertiary/aromatic N) is 2. The Morgan fingerprint density at radius 1 is 1.47 bits per heavy atom. The van der Waals surface area contributed by atoms with E-state index in [1.807, 2.05) is 5.32 Å². The van der Waals surface area contributed by atoms with Crippen molar-refractivity contribution in [3.63, 3.8) is 0 Å². The van der Waals surface area contributed by atoms with Gasteiger partial charge in [0.2, 0.25) is 0 Å². The first-order valence-electron chi connectivity index (χ1n) is 5.61. The van der Waals surface area contributed by atoms with Crippen LogP contribution >= 0.6 is 0 Å². The van der Waals surface area contributed by atoms with E-state index in [4.69, 9.17) is 5.11 Å². The standard InChI is InChI=1S/C11H14F3N3O2/c1-3-8-7(4-6(2)16-17-8)10(19)15-5-9(18)11(12,13)14/h4,9,18H,3,5H2,1-2H3,(H,15,19). The molecule has 8 heteroatoms. The first kappa shape index (κ1) is 15.4. The fourth-order valence-corrected chi connectivity index (χ4v) is 1.37. The van der Waals surface area contributed by atoms with Crippen LogP contribution in [0.4, 0.5) is 13.2 Å². The number of nitrogens with one attached hydrogen (secondary N) is 1. The monoisotopic (exact) mass is 277 g/mol. The van der Waals surface area contributed by atoms with E-state index in [-0.39, 0.29) is 5.56 Å². The quantitative estimate of drug-likeness (QED) is 0.861. The Bertz CT molecular complexity index is 463. The molecule has 0 fully saturated rings. The molecule has 0 aliphatic heterocycles. The minimum Gasteiger partial charge on any atom is -0.382 e. The highest BCUT2D eigenvalue weighted by atomic mass is 19.4. The first-order chi connectivity index (χ1) is 8.75. The molecule has 1 aromatic rings. The molecule has 106 valence electrons. The average Bonchev–Trinajstić information content (AvgIpc) is 2.34. The smallest absolute Gasteiger partial charge is 0.382 e. The van der Waals surface area contributed by atoms with Gasteiger partial charge in [-0.05, 0) is 19.4 Å². The van der Waals surface area contributed by atoms with Gasteiger partial charge in [0.05, 0.1) is 23.5 Å². The van der Waals surface area contributed by atoms with Crippen molar-refractivity contribution in [3.05, 3.63) is 23.0 Å². The van der Waals surface area contributed by atoms with Crippen LogP contribution in [0.2, 0.25) is 0 Å². The Kier molecular flexibility index (Phi) is 4.82. The molecule has 0 aliphatic rings. The molecule has 0 radical (unpaired) electrons. The molecular formula is C11H14F3N3O2. The number of aromatic nitrogens is 2. The third kappa shape index (κ3) is 4.16. The number of hydrogen-bond acceptors (Lipinski definition) is 4. The fourth-order valence-electron chi connectivity index (χ4n) is 1.37. The molecule has 1 atom stereocenters. The van der Waals surface area contributed by atoms with E-state index in [2.05, 4.69) is 10.2 Å². The lowest BCUT2D eigenvalue weighted by atomic mass is 10.1. The van der Waals surface area contributed by atoms with E-state index in [0.29, 0.717) is 17.8 Å². The number of hydrogen-bond donors (Lipinski definition) is 2. The van der Waals surface area contributed by atoms with Crippen molar-refractivity contribution in [1.82, 2.24) is 15.5 Å². The first-order valence-corrected chi connectivity index (χ1v) is 5.61. The average molecular weight is 277 g/mol. The summed E-state index contributed by atoms with van der Waals surface area (Å²) in [4.78, 5) is 11.8. The zero-order chi connectivity index (χ0) is 14.6. The van der Waals surface area contributed by atoms with Crippen LogP contribution in [0.1, 0.15) is 28.7 Å². The highest BCUT2D eigenvalue weighted by Crippen LogP contribution is 2.19. The van der Waals surface area contributed by atoms with Gasteiger partial charge in [0.1, 0.15) is 0 Å². The van der Waals surface area contributed by atoms with Gasteiger partial charge in [-0.15, -0.1) is 0 Å². The predicted molar refractivity (Wildman–Crippen MR) is 60.5 cm³/mol. The number of aliphatic hydroxyl groups excluding tert-OH is 1. The molecule has 0 bridgehead atoms. The van der Waals surface area contributed by atoms with Crippen LogP contribution in [0.5, 0.6) is 0 Å². The van der Waals surface area contributed by atoms with Crippen LogP contribution in [0, 0.1) is 6.92 Å². The summed E-state index contributed by atoms with van der Waals surface area (Å²) in [5.74, 6) is -0.710. The van der Waals surface area contributed by atoms with Crippen molar-refractivity contribution in [1.29, 1.82) is 0 Å². The number of aliphatic hydroxyl groups is 1. The van der Waals surface area contributed by atoms with Crippen LogP contribution in [0.15, 0.2) is 6.07 Å². The summed E-state index contributed by atoms with van der Waals surface area (Å²) in [6.45, 7) is 2.47. The van der Waals surface area contributed by atoms with E-state index in [1.165, 1.54) is 6.07 Å². The molecule has 0 saturated heterocycles. The minimum absolute atomic E-state index is 0.171. The van der Waals surface area contributed by atoms with Crippen LogP contribution in [-0.4, -0.2) is 40.0 Å². The van der Waals surface area contributed by atoms with Gasteiger partial charge >= 0.3 is 6.18 Å². The number of rotatable bonds is 4. The number of amides is 1. The summed E-state index contributed by atoms with van der Waals surface area (Å²) in [6, 6.07) is 1.45. The molecule has 1 aromatic heterocycles. The highest BCUT2D eigenvalue weighted by molar-refractivity contribution is 5.95. The summed E-state index contributed by atoms with van der Waals surface area (Å²) in [6.07, 6.45) is -6.91. The summed E-state index contributed by atoms with van der Waals surface area (Å²) in [5.41, 5.74) is 1.05. The van der Waals surface area contributed by atoms with Gasteiger partial charge in [-0.2, -0.15) is 23.4 Å². The van der Waals surface area contributed by atoms with E-state index in [1.54, 1.807) is 13.8 Å². The van der Waals surface area contributed by atoms with Gasteiger partial charge in [-0.3, -0.25) is 4.79 Å². The number of alkyl halides is 3. The zero-order valence-corrected chi connectivity index (χ0v) is 10.5. The summed E-state index contributed by atoms with van der Waals surface area (Å²) in [7, 11) is 0. The van der Waals surface area contributed by atoms with Crippen LogP contribution in [0.25, 0.3) is 0 Å². The molecule has 1 unspecified atom stereocenters. The van der Waals surface area contributed by atoms with Crippen molar-refractivity contribution in [2.45, 2.75) is 32.5 Å². The highest BCUT2D eigenvalue weighted by Gasteiger charge is 2.38. The topological polar surface area (TPSA) is 75.1 Å². The van der Waals surface area contributed by atoms with Crippen LogP contribution < -0.4 is 5.32 Å². The Balaban J connectivity index is 2.76. The van der Waals surface area contributed by atoms with E-state index in [0.717, 1.165) is 0 Å². The lowest BCUT2D eigenvalue weighted by Crippen LogP contribution is -2.41. The number of aryl methyl sites for hydroxylation is 2. The largest absolute Gasteiger partial charge is 0.416 e. The Morgan fingerprint density at radius 3 is 2.63 bits per heavy atom. The van der Waals surface area contributed by atoms with Crippen molar-refractivity contribution in [2.75, 3.05) is 6.54 Å². The maximum atomic E-state index is 12.1. The summed E-state index contributed by atoms with van der Waals surface area (Å²) < 4.78 is 36.3. The predicted octanol–water partition coefficient (Wildman–Crippen LogP) is 1.00. The normalized spacial score (nSPS) is 13.2. The van der Waals surface area contributed by atoms with Gasteiger partial charge in [0.15, 0.2) is 6.10 Å². The van der Waals surface area contributed by atoms with Crippen molar-refractivity contribution >= 4 is 5.91 Å². The van der Waals surface area contributed by atoms with Gasteiger partial charge < -0.3 is 10.4 Å². The molecule has 1 heterocycles. The molecule has 19 heavy (non-hydrogen) atoms. The molecule has 5 nitrogen and oxygen atoms in total. The van der Waals surface area contributed by atoms with E-state index in [9.17, 15) is 18.0 Å². The summed E-state index contributed by atoms with van der Waals surface area (Å²) in [5, 5.41) is 18.4. The molecule has 0 aliphatic carbocycles. The molecule has 1 amide bonds. The number of carbonyl (C=O) groups excluding carboxylic acids is 1. The van der Waals surface area contributed by atoms with Crippen molar-refractivity contribution in [2.24, 2.45) is 0 Å². The van der Waals surface area contributed by atoms with Crippen molar-refractivity contribution in [3.8, 4) is 0 Å². The molecule has 0 saturated carbocycles. The minimum atomic E-state index is -4.76. The summed E-state index contributed by atoms with van der Waals surface area (Å²) >= 11 is 0. The second-order valence-corrected chi connectivity index (χ2v) is 3.97. The molecular weight excluding hydrogens is 263 g/mol. The lowest BCUT2D eigenvalue weighted by molar-refractivity contribution is -0.201. The van der Waals surface area contributed by atoms with Gasteiger partial charge in [0.25, 0.3) is 5.91 Å². The SMILES string of the molecule is CCc1nnc(C)cc1C(=O)NCC(O)C(F)(F)F. The second-order valence-electron chi connectivity index (χ2n) is 3.97. The molecule has 1 rings (SSSR count). The number of halogens is 3. The molecule has 0 aromatic carbocycles. The maximum absolute atomic E-state index is 12.1. The fraction of sp³-hybridized carbons (Fsp3) is 0.545. The van der Waals surface area contributed by atoms with Gasteiger partial charge in [-0.25, -0.2) is 0 Å².